The fraction of sp³-hybridized carbons (Fsp3) is 1.00. The zero-order valence-corrected chi connectivity index (χ0v) is 25.4. The molecule has 0 aromatic heterocycles. The Bertz CT molecular complexity index is 370. The van der Waals surface area contributed by atoms with Gasteiger partial charge in [0.15, 0.2) is 0 Å². The van der Waals surface area contributed by atoms with Crippen molar-refractivity contribution in [1.82, 2.24) is 0 Å². The maximum atomic E-state index is 6.01. The van der Waals surface area contributed by atoms with Gasteiger partial charge in [-0.15, -0.1) is 0 Å². The minimum Gasteiger partial charge on any atom is -0.398 e. The molecule has 0 aliphatic rings. The van der Waals surface area contributed by atoms with Gasteiger partial charge in [-0.25, -0.2) is 0 Å². The molecule has 0 atom stereocenters. The van der Waals surface area contributed by atoms with Gasteiger partial charge in [0, 0.05) is 14.2 Å². The number of hydrogen-bond donors (Lipinski definition) is 0. The summed E-state index contributed by atoms with van der Waals surface area (Å²) in [4.78, 5) is 0. The first-order chi connectivity index (χ1) is 16.7. The van der Waals surface area contributed by atoms with Crippen LogP contribution in [-0.4, -0.2) is 22.8 Å². The van der Waals surface area contributed by atoms with Gasteiger partial charge >= 0.3 is 8.56 Å². The van der Waals surface area contributed by atoms with E-state index in [0.717, 1.165) is 0 Å². The van der Waals surface area contributed by atoms with Gasteiger partial charge in [-0.05, 0) is 12.1 Å². The van der Waals surface area contributed by atoms with Crippen molar-refractivity contribution in [1.29, 1.82) is 0 Å². The van der Waals surface area contributed by atoms with Crippen LogP contribution in [-0.2, 0) is 8.85 Å². The van der Waals surface area contributed by atoms with Crippen LogP contribution in [0.5, 0.6) is 0 Å². The molecule has 0 rings (SSSR count). The summed E-state index contributed by atoms with van der Waals surface area (Å²) in [6.45, 7) is 4.60. The Kier molecular flexibility index (Phi) is 27.8. The summed E-state index contributed by atoms with van der Waals surface area (Å²) >= 11 is 0. The van der Waals surface area contributed by atoms with Crippen LogP contribution in [0.2, 0.25) is 12.1 Å². The maximum absolute atomic E-state index is 6.01. The molecule has 0 bridgehead atoms. The van der Waals surface area contributed by atoms with Gasteiger partial charge < -0.3 is 8.85 Å². The standard InChI is InChI=1S/C31H66O2Si/c1-5-7-9-11-13-15-17-18-19-21-23-25-27-29-31-34(32-3,33-4)30-28-26-24-22-20-16-14-12-10-8-6-2/h5-31H2,1-4H3. The molecule has 0 heterocycles. The Morgan fingerprint density at radius 3 is 0.735 bits per heavy atom. The molecule has 0 radical (unpaired) electrons. The molecule has 0 unspecified atom stereocenters. The van der Waals surface area contributed by atoms with Crippen LogP contribution in [0.15, 0.2) is 0 Å². The molecular weight excluding hydrogens is 432 g/mol. The molecule has 0 fully saturated rings. The summed E-state index contributed by atoms with van der Waals surface area (Å²) in [7, 11) is 1.86. The molecule has 0 N–H and O–H groups in total. The lowest BCUT2D eigenvalue weighted by Crippen LogP contribution is -2.39. The summed E-state index contributed by atoms with van der Waals surface area (Å²) < 4.78 is 12.0. The second-order valence-corrected chi connectivity index (χ2v) is 14.6. The Labute approximate surface area is 218 Å². The van der Waals surface area contributed by atoms with Gasteiger partial charge in [0.05, 0.1) is 0 Å². The second kappa shape index (κ2) is 27.7. The second-order valence-electron chi connectivity index (χ2n) is 11.0. The first kappa shape index (κ1) is 34.1. The van der Waals surface area contributed by atoms with Crippen molar-refractivity contribution in [3.8, 4) is 0 Å². The lowest BCUT2D eigenvalue weighted by molar-refractivity contribution is 0.238. The van der Waals surface area contributed by atoms with Crippen LogP contribution < -0.4 is 0 Å². The molecule has 206 valence electrons. The van der Waals surface area contributed by atoms with Crippen molar-refractivity contribution in [2.24, 2.45) is 0 Å². The van der Waals surface area contributed by atoms with E-state index in [1.54, 1.807) is 0 Å². The quantitative estimate of drug-likeness (QED) is 0.0753. The normalized spacial score (nSPS) is 12.0. The molecular formula is C31H66O2Si. The van der Waals surface area contributed by atoms with E-state index in [4.69, 9.17) is 8.85 Å². The lowest BCUT2D eigenvalue weighted by atomic mass is 10.0. The van der Waals surface area contributed by atoms with Crippen LogP contribution in [0, 0.1) is 0 Å². The number of hydrogen-bond acceptors (Lipinski definition) is 2. The van der Waals surface area contributed by atoms with Gasteiger partial charge in [0.2, 0.25) is 0 Å². The number of rotatable bonds is 29. The predicted octanol–water partition coefficient (Wildman–Crippen LogP) is 11.5. The monoisotopic (exact) mass is 498 g/mol. The van der Waals surface area contributed by atoms with Crippen molar-refractivity contribution < 1.29 is 8.85 Å². The van der Waals surface area contributed by atoms with E-state index in [1.807, 2.05) is 14.2 Å². The molecule has 0 aliphatic heterocycles. The lowest BCUT2D eigenvalue weighted by Gasteiger charge is -2.27. The van der Waals surface area contributed by atoms with Gasteiger partial charge in [-0.2, -0.15) is 0 Å². The van der Waals surface area contributed by atoms with E-state index in [9.17, 15) is 0 Å². The summed E-state index contributed by atoms with van der Waals surface area (Å²) in [6, 6.07) is 2.38. The molecule has 0 aromatic rings. The van der Waals surface area contributed by atoms with Crippen molar-refractivity contribution in [2.45, 2.75) is 186 Å². The van der Waals surface area contributed by atoms with Gasteiger partial charge in [-0.1, -0.05) is 174 Å². The van der Waals surface area contributed by atoms with Gasteiger partial charge in [0.25, 0.3) is 0 Å². The fourth-order valence-corrected chi connectivity index (χ4v) is 8.07. The van der Waals surface area contributed by atoms with Crippen LogP contribution >= 0.6 is 0 Å². The zero-order chi connectivity index (χ0) is 25.0. The Morgan fingerprint density at radius 2 is 0.529 bits per heavy atom. The molecule has 0 aromatic carbocycles. The molecule has 34 heavy (non-hydrogen) atoms. The third-order valence-corrected chi connectivity index (χ3v) is 11.5. The van der Waals surface area contributed by atoms with E-state index in [0.29, 0.717) is 0 Å². The minimum atomic E-state index is -1.94. The molecule has 3 heteroatoms. The zero-order valence-electron chi connectivity index (χ0n) is 24.4. The molecule has 0 saturated heterocycles. The molecule has 0 amide bonds. The van der Waals surface area contributed by atoms with E-state index < -0.39 is 8.56 Å². The highest BCUT2D eigenvalue weighted by atomic mass is 28.4. The molecule has 0 saturated carbocycles. The highest BCUT2D eigenvalue weighted by Gasteiger charge is 2.33. The maximum Gasteiger partial charge on any atom is 0.337 e. The first-order valence-electron chi connectivity index (χ1n) is 15.8. The molecule has 0 aliphatic carbocycles. The summed E-state index contributed by atoms with van der Waals surface area (Å²) in [5.41, 5.74) is 0. The van der Waals surface area contributed by atoms with Crippen LogP contribution in [0.25, 0.3) is 0 Å². The minimum absolute atomic E-state index is 1.19. The summed E-state index contributed by atoms with van der Waals surface area (Å²) in [6.07, 6.45) is 35.3. The van der Waals surface area contributed by atoms with Crippen molar-refractivity contribution >= 4 is 8.56 Å². The van der Waals surface area contributed by atoms with Crippen molar-refractivity contribution in [3.05, 3.63) is 0 Å². The summed E-state index contributed by atoms with van der Waals surface area (Å²) in [5.74, 6) is 0. The highest BCUT2D eigenvalue weighted by molar-refractivity contribution is 6.67. The molecule has 2 nitrogen and oxygen atoms in total. The third kappa shape index (κ3) is 22.6. The first-order valence-corrected chi connectivity index (χ1v) is 18.1. The molecule has 0 spiro atoms. The number of unbranched alkanes of at least 4 members (excludes halogenated alkanes) is 23. The summed E-state index contributed by atoms with van der Waals surface area (Å²) in [5, 5.41) is 0. The average molecular weight is 499 g/mol. The van der Waals surface area contributed by atoms with Gasteiger partial charge in [-0.3, -0.25) is 0 Å². The van der Waals surface area contributed by atoms with E-state index in [2.05, 4.69) is 13.8 Å². The van der Waals surface area contributed by atoms with Crippen LogP contribution in [0.4, 0.5) is 0 Å². The topological polar surface area (TPSA) is 18.5 Å². The third-order valence-electron chi connectivity index (χ3n) is 7.82. The van der Waals surface area contributed by atoms with Gasteiger partial charge in [0.1, 0.15) is 0 Å². The van der Waals surface area contributed by atoms with Crippen LogP contribution in [0.1, 0.15) is 174 Å². The van der Waals surface area contributed by atoms with Crippen molar-refractivity contribution in [2.75, 3.05) is 14.2 Å². The van der Waals surface area contributed by atoms with Crippen molar-refractivity contribution in [3.63, 3.8) is 0 Å². The van der Waals surface area contributed by atoms with Crippen LogP contribution in [0.3, 0.4) is 0 Å². The predicted molar refractivity (Wildman–Crippen MR) is 156 cm³/mol. The Balaban J connectivity index is 3.56. The Hall–Kier alpha value is 0.137. The smallest absolute Gasteiger partial charge is 0.337 e. The largest absolute Gasteiger partial charge is 0.398 e. The average Bonchev–Trinajstić information content (AvgIpc) is 2.86. The highest BCUT2D eigenvalue weighted by Crippen LogP contribution is 2.25. The van der Waals surface area contributed by atoms with E-state index in [-0.39, 0.29) is 0 Å². The van der Waals surface area contributed by atoms with E-state index in [1.165, 1.54) is 173 Å². The SMILES string of the molecule is CCCCCCCCCCCCCCCC[Si](CCCCCCCCCCCCC)(OC)OC. The van der Waals surface area contributed by atoms with E-state index >= 15 is 0 Å². The fourth-order valence-electron chi connectivity index (χ4n) is 5.26. The Morgan fingerprint density at radius 1 is 0.324 bits per heavy atom.